The molecule has 2 heterocycles. The van der Waals surface area contributed by atoms with Crippen molar-refractivity contribution in [2.75, 3.05) is 25.0 Å². The summed E-state index contributed by atoms with van der Waals surface area (Å²) in [6, 6.07) is 15.3. The maximum absolute atomic E-state index is 13.1. The molecule has 234 valence electrons. The molecule has 0 spiro atoms. The highest BCUT2D eigenvalue weighted by molar-refractivity contribution is 5.97. The first-order valence-corrected chi connectivity index (χ1v) is 16.5. The van der Waals surface area contributed by atoms with Crippen molar-refractivity contribution in [3.8, 4) is 0 Å². The number of halogens is 1. The van der Waals surface area contributed by atoms with Crippen LogP contribution in [0.5, 0.6) is 0 Å². The minimum atomic E-state index is -0.162. The average molecular weight is 588 g/mol. The molecule has 2 aromatic rings. The molecule has 5 heteroatoms. The Bertz CT molecular complexity index is 1200. The second-order valence-corrected chi connectivity index (χ2v) is 12.2. The molecular formula is C38H54FN3O. The van der Waals surface area contributed by atoms with E-state index in [1.54, 1.807) is 6.07 Å². The number of nitrogens with one attached hydrogen (secondary N) is 2. The molecule has 2 aliphatic heterocycles. The van der Waals surface area contributed by atoms with Crippen LogP contribution in [0.25, 0.3) is 0 Å². The van der Waals surface area contributed by atoms with E-state index >= 15 is 0 Å². The van der Waals surface area contributed by atoms with E-state index in [-0.39, 0.29) is 11.7 Å². The first-order valence-electron chi connectivity index (χ1n) is 16.5. The number of rotatable bonds is 9. The maximum atomic E-state index is 13.1. The number of carbonyl (C=O) groups is 1. The number of unbranched alkanes of at least 4 members (excludes halogenated alkanes) is 1. The zero-order chi connectivity index (χ0) is 31.0. The quantitative estimate of drug-likeness (QED) is 0.307. The first kappa shape index (κ1) is 34.2. The Morgan fingerprint density at radius 2 is 1.81 bits per heavy atom. The fourth-order valence-corrected chi connectivity index (χ4v) is 5.51. The lowest BCUT2D eigenvalue weighted by molar-refractivity contribution is -0.128. The van der Waals surface area contributed by atoms with Gasteiger partial charge in [0.1, 0.15) is 5.82 Å². The van der Waals surface area contributed by atoms with E-state index in [2.05, 4.69) is 74.7 Å². The van der Waals surface area contributed by atoms with Crippen molar-refractivity contribution in [3.63, 3.8) is 0 Å². The third-order valence-corrected chi connectivity index (χ3v) is 8.50. The van der Waals surface area contributed by atoms with Gasteiger partial charge in [0.25, 0.3) is 5.91 Å². The molecule has 1 saturated carbocycles. The highest BCUT2D eigenvalue weighted by atomic mass is 19.1. The van der Waals surface area contributed by atoms with Crippen molar-refractivity contribution in [3.05, 3.63) is 101 Å². The number of hydrogen-bond donors (Lipinski definition) is 2. The van der Waals surface area contributed by atoms with Crippen LogP contribution in [-0.4, -0.2) is 36.5 Å². The van der Waals surface area contributed by atoms with Crippen LogP contribution < -0.4 is 10.6 Å². The fraction of sp³-hybridized carbons (Fsp3) is 0.500. The summed E-state index contributed by atoms with van der Waals surface area (Å²) < 4.78 is 12.2. The van der Waals surface area contributed by atoms with Gasteiger partial charge in [0.15, 0.2) is 0 Å². The molecule has 4 nitrogen and oxygen atoms in total. The zero-order valence-corrected chi connectivity index (χ0v) is 27.2. The van der Waals surface area contributed by atoms with E-state index in [0.717, 1.165) is 61.5 Å². The fourth-order valence-electron chi connectivity index (χ4n) is 5.51. The maximum Gasteiger partial charge on any atom is 0.254 e. The summed E-state index contributed by atoms with van der Waals surface area (Å²) in [6.07, 6.45) is 18.5. The molecule has 5 rings (SSSR count). The number of allylic oxidation sites excluding steroid dienone is 1. The van der Waals surface area contributed by atoms with Gasteiger partial charge in [-0.2, -0.15) is 0 Å². The number of nitrogens with zero attached hydrogens (tertiary/aromatic N) is 1. The number of piperidine rings is 1. The number of hydrogen-bond acceptors (Lipinski definition) is 3. The molecule has 1 atom stereocenters. The molecule has 1 amide bonds. The van der Waals surface area contributed by atoms with E-state index in [1.165, 1.54) is 55.5 Å². The van der Waals surface area contributed by atoms with Crippen molar-refractivity contribution in [1.29, 1.82) is 0 Å². The first-order chi connectivity index (χ1) is 20.8. The molecule has 3 aliphatic rings. The van der Waals surface area contributed by atoms with Gasteiger partial charge < -0.3 is 15.5 Å². The summed E-state index contributed by atoms with van der Waals surface area (Å²) in [4.78, 5) is 15.1. The number of benzene rings is 2. The Morgan fingerprint density at radius 3 is 2.42 bits per heavy atom. The number of anilines is 1. The molecule has 43 heavy (non-hydrogen) atoms. The van der Waals surface area contributed by atoms with E-state index in [1.807, 2.05) is 30.2 Å². The Hall–Kier alpha value is -3.34. The van der Waals surface area contributed by atoms with Gasteiger partial charge in [-0.25, -0.2) is 4.39 Å². The molecule has 2 fully saturated rings. The molecule has 0 aromatic heterocycles. The lowest BCUT2D eigenvalue weighted by Crippen LogP contribution is -2.43. The summed E-state index contributed by atoms with van der Waals surface area (Å²) in [7, 11) is 0. The monoisotopic (exact) mass is 587 g/mol. The Morgan fingerprint density at radius 1 is 1.07 bits per heavy atom. The SMILES string of the molecule is CC/C=C\C1=C(C(=O)N2CCC(C(C)Nc3ccccc3C)CC2)C=CNC1.CCCCC1CC1.Cc1cccc(F)c1. The third kappa shape index (κ3) is 12.1. The second kappa shape index (κ2) is 18.4. The number of para-hydroxylation sites is 1. The molecule has 1 aliphatic carbocycles. The van der Waals surface area contributed by atoms with Crippen molar-refractivity contribution in [2.24, 2.45) is 11.8 Å². The topological polar surface area (TPSA) is 44.4 Å². The smallest absolute Gasteiger partial charge is 0.254 e. The zero-order valence-electron chi connectivity index (χ0n) is 27.2. The number of dihydropyridines is 1. The van der Waals surface area contributed by atoms with Crippen molar-refractivity contribution >= 4 is 11.6 Å². The Balaban J connectivity index is 0.000000273. The molecule has 0 bridgehead atoms. The number of carbonyl (C=O) groups excluding carboxylic acids is 1. The van der Waals surface area contributed by atoms with Crippen LogP contribution in [0.4, 0.5) is 10.1 Å². The van der Waals surface area contributed by atoms with E-state index in [0.29, 0.717) is 12.0 Å². The Kier molecular flexibility index (Phi) is 14.6. The predicted molar refractivity (Wildman–Crippen MR) is 181 cm³/mol. The van der Waals surface area contributed by atoms with Gasteiger partial charge in [-0.1, -0.05) is 88.4 Å². The van der Waals surface area contributed by atoms with Crippen LogP contribution in [0, 0.1) is 31.5 Å². The summed E-state index contributed by atoms with van der Waals surface area (Å²) in [6.45, 7) is 13.0. The molecule has 0 radical (unpaired) electrons. The normalized spacial score (nSPS) is 17.4. The van der Waals surface area contributed by atoms with Crippen molar-refractivity contribution in [1.82, 2.24) is 10.2 Å². The van der Waals surface area contributed by atoms with Gasteiger partial charge in [-0.15, -0.1) is 0 Å². The summed E-state index contributed by atoms with van der Waals surface area (Å²) in [5.41, 5.74) is 5.38. The summed E-state index contributed by atoms with van der Waals surface area (Å²) in [5.74, 6) is 1.75. The lowest BCUT2D eigenvalue weighted by Gasteiger charge is -2.36. The van der Waals surface area contributed by atoms with Crippen molar-refractivity contribution < 1.29 is 9.18 Å². The van der Waals surface area contributed by atoms with Crippen LogP contribution in [0.3, 0.4) is 0 Å². The largest absolute Gasteiger partial charge is 0.387 e. The van der Waals surface area contributed by atoms with Gasteiger partial charge in [-0.05, 0) is 99.0 Å². The van der Waals surface area contributed by atoms with Crippen LogP contribution in [0.15, 0.2) is 84.1 Å². The summed E-state index contributed by atoms with van der Waals surface area (Å²) >= 11 is 0. The Labute approximate surface area is 260 Å². The van der Waals surface area contributed by atoms with Crippen molar-refractivity contribution in [2.45, 2.75) is 92.0 Å². The molecule has 2 aromatic carbocycles. The van der Waals surface area contributed by atoms with E-state index in [9.17, 15) is 9.18 Å². The number of amides is 1. The minimum absolute atomic E-state index is 0.162. The van der Waals surface area contributed by atoms with Gasteiger partial charge >= 0.3 is 0 Å². The van der Waals surface area contributed by atoms with E-state index in [4.69, 9.17) is 0 Å². The molecule has 1 unspecified atom stereocenters. The van der Waals surface area contributed by atoms with Gasteiger partial charge in [-0.3, -0.25) is 4.79 Å². The van der Waals surface area contributed by atoms with Crippen LogP contribution in [0.1, 0.15) is 83.3 Å². The highest BCUT2D eigenvalue weighted by Gasteiger charge is 2.28. The molecular weight excluding hydrogens is 533 g/mol. The molecule has 2 N–H and O–H groups in total. The van der Waals surface area contributed by atoms with Gasteiger partial charge in [0.05, 0.1) is 0 Å². The average Bonchev–Trinajstić information content (AvgIpc) is 3.85. The van der Waals surface area contributed by atoms with Gasteiger partial charge in [0.2, 0.25) is 0 Å². The number of likely N-dealkylation sites (tertiary alicyclic amines) is 1. The minimum Gasteiger partial charge on any atom is -0.387 e. The van der Waals surface area contributed by atoms with Crippen LogP contribution >= 0.6 is 0 Å². The van der Waals surface area contributed by atoms with Gasteiger partial charge in [0, 0.05) is 36.9 Å². The van der Waals surface area contributed by atoms with Crippen LogP contribution in [-0.2, 0) is 4.79 Å². The highest BCUT2D eigenvalue weighted by Crippen LogP contribution is 2.33. The van der Waals surface area contributed by atoms with E-state index < -0.39 is 0 Å². The third-order valence-electron chi connectivity index (χ3n) is 8.50. The summed E-state index contributed by atoms with van der Waals surface area (Å²) in [5, 5.41) is 6.89. The lowest BCUT2D eigenvalue weighted by atomic mass is 9.89. The number of aryl methyl sites for hydroxylation is 2. The van der Waals surface area contributed by atoms with Crippen LogP contribution in [0.2, 0.25) is 0 Å². The standard InChI is InChI=1S/C24H33N3O.C7H7F.C7H14/c1-4-5-9-21-17-25-14-11-22(21)24(28)27-15-12-20(13-16-27)19(3)26-23-10-7-6-8-18(23)2;1-6-3-2-4-7(8)5-6;1-2-3-4-7-5-6-7/h5-11,14,19-20,25-26H,4,12-13,15-17H2,1-3H3;2-5H,1H3;7H,2-6H2,1H3/b9-5-;;. The predicted octanol–water partition coefficient (Wildman–Crippen LogP) is 9.13. The second-order valence-electron chi connectivity index (χ2n) is 12.2. The molecule has 1 saturated heterocycles.